The molecule has 3 aromatic rings. The normalized spacial score (nSPS) is 11.0. The van der Waals surface area contributed by atoms with Crippen LogP contribution in [0.25, 0.3) is 10.8 Å². The van der Waals surface area contributed by atoms with Crippen LogP contribution >= 0.6 is 0 Å². The molecule has 1 heterocycles. The van der Waals surface area contributed by atoms with Crippen LogP contribution in [-0.2, 0) is 13.2 Å². The quantitative estimate of drug-likeness (QED) is 0.778. The van der Waals surface area contributed by atoms with Crippen molar-refractivity contribution in [2.45, 2.75) is 20.1 Å². The number of hydrogen-bond acceptors (Lipinski definition) is 4. The largest absolute Gasteiger partial charge is 0.487 e. The summed E-state index contributed by atoms with van der Waals surface area (Å²) >= 11 is 0. The van der Waals surface area contributed by atoms with Crippen LogP contribution in [0, 0.1) is 6.92 Å². The predicted octanol–water partition coefficient (Wildman–Crippen LogP) is 3.43. The van der Waals surface area contributed by atoms with Crippen LogP contribution < -0.4 is 10.1 Å². The Labute approximate surface area is 123 Å². The second kappa shape index (κ2) is 5.97. The van der Waals surface area contributed by atoms with E-state index in [4.69, 9.17) is 9.26 Å². The van der Waals surface area contributed by atoms with E-state index < -0.39 is 0 Å². The first kappa shape index (κ1) is 13.6. The minimum absolute atomic E-state index is 0.409. The minimum Gasteiger partial charge on any atom is -0.487 e. The Balaban J connectivity index is 1.91. The van der Waals surface area contributed by atoms with E-state index in [0.29, 0.717) is 6.61 Å². The molecule has 1 N–H and O–H groups in total. The van der Waals surface area contributed by atoms with Gasteiger partial charge in [0.15, 0.2) is 0 Å². The van der Waals surface area contributed by atoms with Gasteiger partial charge in [0, 0.05) is 18.2 Å². The second-order valence-corrected chi connectivity index (χ2v) is 5.01. The molecule has 0 saturated carbocycles. The molecule has 0 unspecified atom stereocenters. The van der Waals surface area contributed by atoms with Crippen LogP contribution in [0.5, 0.6) is 5.75 Å². The predicted molar refractivity (Wildman–Crippen MR) is 82.3 cm³/mol. The van der Waals surface area contributed by atoms with E-state index in [1.165, 1.54) is 10.8 Å². The Bertz CT molecular complexity index is 749. The van der Waals surface area contributed by atoms with Crippen LogP contribution in [0.4, 0.5) is 0 Å². The van der Waals surface area contributed by atoms with Gasteiger partial charge in [0.05, 0.1) is 0 Å². The monoisotopic (exact) mass is 282 g/mol. The topological polar surface area (TPSA) is 47.3 Å². The molecule has 2 aromatic carbocycles. The molecular weight excluding hydrogens is 264 g/mol. The fraction of sp³-hybridized carbons (Fsp3) is 0.235. The van der Waals surface area contributed by atoms with Crippen LogP contribution in [0.2, 0.25) is 0 Å². The van der Waals surface area contributed by atoms with E-state index in [1.807, 2.05) is 38.2 Å². The van der Waals surface area contributed by atoms with E-state index in [9.17, 15) is 0 Å². The fourth-order valence-electron chi connectivity index (χ4n) is 2.45. The maximum atomic E-state index is 5.93. The van der Waals surface area contributed by atoms with Crippen molar-refractivity contribution in [3.63, 3.8) is 0 Å². The van der Waals surface area contributed by atoms with Crippen molar-refractivity contribution in [2.24, 2.45) is 0 Å². The first-order valence-corrected chi connectivity index (χ1v) is 6.98. The Kier molecular flexibility index (Phi) is 3.88. The van der Waals surface area contributed by atoms with Crippen molar-refractivity contribution in [2.75, 3.05) is 7.05 Å². The third kappa shape index (κ3) is 2.90. The molecule has 0 aliphatic heterocycles. The highest BCUT2D eigenvalue weighted by Gasteiger charge is 2.09. The molecule has 0 aliphatic rings. The van der Waals surface area contributed by atoms with Gasteiger partial charge in [-0.3, -0.25) is 0 Å². The van der Waals surface area contributed by atoms with Gasteiger partial charge < -0.3 is 14.6 Å². The zero-order valence-electron chi connectivity index (χ0n) is 12.2. The average molecular weight is 282 g/mol. The van der Waals surface area contributed by atoms with Crippen molar-refractivity contribution in [1.82, 2.24) is 10.5 Å². The van der Waals surface area contributed by atoms with Crippen molar-refractivity contribution in [3.8, 4) is 5.75 Å². The van der Waals surface area contributed by atoms with Gasteiger partial charge in [-0.05, 0) is 30.8 Å². The van der Waals surface area contributed by atoms with Gasteiger partial charge in [-0.15, -0.1) is 0 Å². The SMILES string of the molecule is CNCc1c(OCc2cc(C)on2)ccc2ccccc12. The van der Waals surface area contributed by atoms with Gasteiger partial charge in [-0.25, -0.2) is 0 Å². The van der Waals surface area contributed by atoms with E-state index in [1.54, 1.807) is 0 Å². The van der Waals surface area contributed by atoms with E-state index in [2.05, 4.69) is 28.7 Å². The fourth-order valence-corrected chi connectivity index (χ4v) is 2.45. The Morgan fingerprint density at radius 3 is 2.81 bits per heavy atom. The maximum absolute atomic E-state index is 5.93. The highest BCUT2D eigenvalue weighted by molar-refractivity contribution is 5.87. The first-order valence-electron chi connectivity index (χ1n) is 6.98. The Morgan fingerprint density at radius 1 is 1.19 bits per heavy atom. The van der Waals surface area contributed by atoms with Crippen molar-refractivity contribution >= 4 is 10.8 Å². The number of ether oxygens (including phenoxy) is 1. The summed E-state index contributed by atoms with van der Waals surface area (Å²) < 4.78 is 11.0. The summed E-state index contributed by atoms with van der Waals surface area (Å²) in [5, 5.41) is 9.58. The standard InChI is InChI=1S/C17H18N2O2/c1-12-9-14(19-21-12)11-20-17-8-7-13-5-3-4-6-15(13)16(17)10-18-2/h3-9,18H,10-11H2,1-2H3. The molecule has 21 heavy (non-hydrogen) atoms. The minimum atomic E-state index is 0.409. The number of fused-ring (bicyclic) bond motifs is 1. The lowest BCUT2D eigenvalue weighted by molar-refractivity contribution is 0.285. The van der Waals surface area contributed by atoms with Crippen molar-refractivity contribution in [3.05, 3.63) is 59.5 Å². The molecule has 0 saturated heterocycles. The third-order valence-electron chi connectivity index (χ3n) is 3.40. The van der Waals surface area contributed by atoms with Gasteiger partial charge in [0.2, 0.25) is 0 Å². The second-order valence-electron chi connectivity index (χ2n) is 5.01. The molecule has 0 fully saturated rings. The molecule has 4 nitrogen and oxygen atoms in total. The molecule has 0 radical (unpaired) electrons. The van der Waals surface area contributed by atoms with Gasteiger partial charge in [0.25, 0.3) is 0 Å². The molecule has 3 rings (SSSR count). The lowest BCUT2D eigenvalue weighted by Crippen LogP contribution is -2.08. The average Bonchev–Trinajstić information content (AvgIpc) is 2.92. The summed E-state index contributed by atoms with van der Waals surface area (Å²) in [6.07, 6.45) is 0. The molecule has 108 valence electrons. The molecule has 4 heteroatoms. The van der Waals surface area contributed by atoms with Gasteiger partial charge in [0.1, 0.15) is 23.8 Å². The molecule has 0 atom stereocenters. The van der Waals surface area contributed by atoms with Crippen LogP contribution in [0.1, 0.15) is 17.0 Å². The number of nitrogens with zero attached hydrogens (tertiary/aromatic N) is 1. The zero-order valence-corrected chi connectivity index (χ0v) is 12.2. The molecule has 0 spiro atoms. The maximum Gasteiger partial charge on any atom is 0.134 e. The Morgan fingerprint density at radius 2 is 2.05 bits per heavy atom. The summed E-state index contributed by atoms with van der Waals surface area (Å²) in [5.41, 5.74) is 1.96. The molecular formula is C17H18N2O2. The van der Waals surface area contributed by atoms with E-state index in [-0.39, 0.29) is 0 Å². The smallest absolute Gasteiger partial charge is 0.134 e. The molecule has 0 aliphatic carbocycles. The van der Waals surface area contributed by atoms with Crippen molar-refractivity contribution < 1.29 is 9.26 Å². The lowest BCUT2D eigenvalue weighted by atomic mass is 10.0. The Hall–Kier alpha value is -2.33. The molecule has 0 amide bonds. The third-order valence-corrected chi connectivity index (χ3v) is 3.40. The number of aryl methyl sites for hydroxylation is 1. The molecule has 0 bridgehead atoms. The van der Waals surface area contributed by atoms with E-state index in [0.717, 1.165) is 29.3 Å². The number of aromatic nitrogens is 1. The summed E-state index contributed by atoms with van der Waals surface area (Å²) in [4.78, 5) is 0. The van der Waals surface area contributed by atoms with Gasteiger partial charge in [-0.2, -0.15) is 0 Å². The highest BCUT2D eigenvalue weighted by atomic mass is 16.5. The van der Waals surface area contributed by atoms with E-state index >= 15 is 0 Å². The first-order chi connectivity index (χ1) is 10.3. The number of rotatable bonds is 5. The number of benzene rings is 2. The summed E-state index contributed by atoms with van der Waals surface area (Å²) in [7, 11) is 1.94. The highest BCUT2D eigenvalue weighted by Crippen LogP contribution is 2.28. The lowest BCUT2D eigenvalue weighted by Gasteiger charge is -2.13. The number of nitrogens with one attached hydrogen (secondary N) is 1. The van der Waals surface area contributed by atoms with Gasteiger partial charge in [-0.1, -0.05) is 35.5 Å². The summed E-state index contributed by atoms with van der Waals surface area (Å²) in [6.45, 7) is 3.04. The van der Waals surface area contributed by atoms with Crippen molar-refractivity contribution in [1.29, 1.82) is 0 Å². The summed E-state index contributed by atoms with van der Waals surface area (Å²) in [5.74, 6) is 1.67. The van der Waals surface area contributed by atoms with Crippen LogP contribution in [-0.4, -0.2) is 12.2 Å². The van der Waals surface area contributed by atoms with Gasteiger partial charge >= 0.3 is 0 Å². The zero-order chi connectivity index (χ0) is 14.7. The van der Waals surface area contributed by atoms with Crippen LogP contribution in [0.3, 0.4) is 0 Å². The van der Waals surface area contributed by atoms with Crippen LogP contribution in [0.15, 0.2) is 47.0 Å². The number of hydrogen-bond donors (Lipinski definition) is 1. The summed E-state index contributed by atoms with van der Waals surface area (Å²) in [6, 6.07) is 14.3. The molecule has 1 aromatic heterocycles.